The molecule has 2 aliphatic rings. The topological polar surface area (TPSA) is 59.1 Å². The number of benzene rings is 2. The predicted octanol–water partition coefficient (Wildman–Crippen LogP) is 2.99. The number of aryl methyl sites for hydroxylation is 1. The van der Waals surface area contributed by atoms with Crippen LogP contribution in [-0.4, -0.2) is 37.1 Å². The summed E-state index contributed by atoms with van der Waals surface area (Å²) in [5.74, 6) is 0.927. The van der Waals surface area contributed by atoms with Crippen LogP contribution in [0.3, 0.4) is 0 Å². The fourth-order valence-electron chi connectivity index (χ4n) is 3.72. The summed E-state index contributed by atoms with van der Waals surface area (Å²) in [5.41, 5.74) is 3.10. The van der Waals surface area contributed by atoms with E-state index in [0.29, 0.717) is 24.6 Å². The third-order valence-corrected chi connectivity index (χ3v) is 5.37. The van der Waals surface area contributed by atoms with E-state index in [2.05, 4.69) is 31.2 Å². The van der Waals surface area contributed by atoms with Crippen LogP contribution in [0.25, 0.3) is 0 Å². The molecule has 0 N–H and O–H groups in total. The summed E-state index contributed by atoms with van der Waals surface area (Å²) in [4.78, 5) is 28.8. The normalized spacial score (nSPS) is 17.9. The van der Waals surface area contributed by atoms with Crippen LogP contribution in [0.15, 0.2) is 42.5 Å². The number of carbonyl (C=O) groups is 2. The number of nitrogens with zero attached hydrogens (tertiary/aromatic N) is 2. The molecule has 1 unspecified atom stereocenters. The maximum absolute atomic E-state index is 12.9. The molecule has 4 rings (SSSR count). The molecule has 2 aromatic carbocycles. The van der Waals surface area contributed by atoms with Gasteiger partial charge in [0, 0.05) is 38.3 Å². The monoisotopic (exact) mass is 380 g/mol. The lowest BCUT2D eigenvalue weighted by atomic mass is 10.1. The Morgan fingerprint density at radius 1 is 1.11 bits per heavy atom. The van der Waals surface area contributed by atoms with Gasteiger partial charge in [-0.3, -0.25) is 9.59 Å². The molecule has 2 heterocycles. The Kier molecular flexibility index (Phi) is 4.94. The molecule has 146 valence electrons. The Morgan fingerprint density at radius 2 is 1.82 bits per heavy atom. The molecule has 1 atom stereocenters. The number of anilines is 1. The van der Waals surface area contributed by atoms with Crippen molar-refractivity contribution >= 4 is 17.5 Å². The Labute approximate surface area is 164 Å². The highest BCUT2D eigenvalue weighted by atomic mass is 16.7. The molecule has 6 nitrogen and oxygen atoms in total. The number of hydrogen-bond acceptors (Lipinski definition) is 4. The van der Waals surface area contributed by atoms with Crippen molar-refractivity contribution in [3.63, 3.8) is 0 Å². The highest BCUT2D eigenvalue weighted by Gasteiger charge is 2.37. The van der Waals surface area contributed by atoms with Gasteiger partial charge in [-0.05, 0) is 29.7 Å². The summed E-state index contributed by atoms with van der Waals surface area (Å²) in [5, 5.41) is 0. The Bertz CT molecular complexity index is 894. The van der Waals surface area contributed by atoms with Gasteiger partial charge >= 0.3 is 0 Å². The minimum absolute atomic E-state index is 0.00355. The summed E-state index contributed by atoms with van der Waals surface area (Å²) in [7, 11) is 1.80. The predicted molar refractivity (Wildman–Crippen MR) is 105 cm³/mol. The van der Waals surface area contributed by atoms with Crippen molar-refractivity contribution < 1.29 is 19.1 Å². The van der Waals surface area contributed by atoms with Gasteiger partial charge in [0.2, 0.25) is 18.6 Å². The van der Waals surface area contributed by atoms with E-state index in [1.165, 1.54) is 5.56 Å². The van der Waals surface area contributed by atoms with Crippen molar-refractivity contribution in [1.29, 1.82) is 0 Å². The molecule has 0 spiro atoms. The second kappa shape index (κ2) is 7.54. The van der Waals surface area contributed by atoms with Gasteiger partial charge in [-0.25, -0.2) is 0 Å². The van der Waals surface area contributed by atoms with Crippen LogP contribution in [-0.2, 0) is 22.6 Å². The van der Waals surface area contributed by atoms with E-state index in [9.17, 15) is 9.59 Å². The number of fused-ring (bicyclic) bond motifs is 1. The molecular weight excluding hydrogens is 356 g/mol. The molecule has 1 fully saturated rings. The first-order chi connectivity index (χ1) is 13.5. The van der Waals surface area contributed by atoms with Crippen molar-refractivity contribution in [2.75, 3.05) is 25.3 Å². The highest BCUT2D eigenvalue weighted by Crippen LogP contribution is 2.37. The fourth-order valence-corrected chi connectivity index (χ4v) is 3.72. The molecule has 2 amide bonds. The maximum atomic E-state index is 12.9. The summed E-state index contributed by atoms with van der Waals surface area (Å²) >= 11 is 0. The largest absolute Gasteiger partial charge is 0.454 e. The van der Waals surface area contributed by atoms with Gasteiger partial charge in [-0.2, -0.15) is 0 Å². The lowest BCUT2D eigenvalue weighted by Crippen LogP contribution is -2.34. The standard InChI is InChI=1S/C22H24N2O4/c1-3-15-4-6-16(7-5-15)12-23(2)22(26)17-10-21(25)24(13-17)18-8-9-19-20(11-18)28-14-27-19/h4-9,11,17H,3,10,12-14H2,1-2H3. The second-order valence-electron chi connectivity index (χ2n) is 7.31. The molecule has 1 saturated heterocycles. The van der Waals surface area contributed by atoms with Gasteiger partial charge in [0.05, 0.1) is 5.92 Å². The maximum Gasteiger partial charge on any atom is 0.231 e. The lowest BCUT2D eigenvalue weighted by Gasteiger charge is -2.22. The molecule has 0 aliphatic carbocycles. The van der Waals surface area contributed by atoms with E-state index in [1.54, 1.807) is 29.0 Å². The summed E-state index contributed by atoms with van der Waals surface area (Å²) in [6.45, 7) is 3.24. The Balaban J connectivity index is 1.41. The zero-order valence-electron chi connectivity index (χ0n) is 16.2. The first-order valence-corrected chi connectivity index (χ1v) is 9.58. The zero-order chi connectivity index (χ0) is 19.7. The van der Waals surface area contributed by atoms with Crippen LogP contribution in [0.1, 0.15) is 24.5 Å². The third-order valence-electron chi connectivity index (χ3n) is 5.37. The Hall–Kier alpha value is -3.02. The van der Waals surface area contributed by atoms with E-state index < -0.39 is 0 Å². The quantitative estimate of drug-likeness (QED) is 0.800. The minimum atomic E-state index is -0.335. The molecule has 6 heteroatoms. The van der Waals surface area contributed by atoms with Crippen molar-refractivity contribution in [1.82, 2.24) is 4.90 Å². The molecule has 0 saturated carbocycles. The average Bonchev–Trinajstić information content (AvgIpc) is 3.33. The number of carbonyl (C=O) groups excluding carboxylic acids is 2. The molecule has 2 aliphatic heterocycles. The minimum Gasteiger partial charge on any atom is -0.454 e. The van der Waals surface area contributed by atoms with Gasteiger partial charge in [-0.15, -0.1) is 0 Å². The molecule has 28 heavy (non-hydrogen) atoms. The van der Waals surface area contributed by atoms with Crippen LogP contribution < -0.4 is 14.4 Å². The smallest absolute Gasteiger partial charge is 0.231 e. The highest BCUT2D eigenvalue weighted by molar-refractivity contribution is 6.00. The molecule has 0 radical (unpaired) electrons. The van der Waals surface area contributed by atoms with E-state index in [0.717, 1.165) is 17.7 Å². The molecule has 0 bridgehead atoms. The van der Waals surface area contributed by atoms with E-state index in [1.807, 2.05) is 6.07 Å². The summed E-state index contributed by atoms with van der Waals surface area (Å²) < 4.78 is 10.7. The number of amides is 2. The van der Waals surface area contributed by atoms with E-state index in [4.69, 9.17) is 9.47 Å². The third kappa shape index (κ3) is 3.54. The Morgan fingerprint density at radius 3 is 2.57 bits per heavy atom. The van der Waals surface area contributed by atoms with Gasteiger partial charge in [0.15, 0.2) is 11.5 Å². The second-order valence-corrected chi connectivity index (χ2v) is 7.31. The zero-order valence-corrected chi connectivity index (χ0v) is 16.2. The van der Waals surface area contributed by atoms with E-state index in [-0.39, 0.29) is 30.9 Å². The number of ether oxygens (including phenoxy) is 2. The summed E-state index contributed by atoms with van der Waals surface area (Å²) in [6, 6.07) is 13.7. The number of rotatable bonds is 5. The first kappa shape index (κ1) is 18.3. The van der Waals surface area contributed by atoms with Gasteiger partial charge in [0.1, 0.15) is 0 Å². The molecule has 2 aromatic rings. The van der Waals surface area contributed by atoms with Crippen LogP contribution in [0.5, 0.6) is 11.5 Å². The lowest BCUT2D eigenvalue weighted by molar-refractivity contribution is -0.135. The van der Waals surface area contributed by atoms with Crippen LogP contribution in [0, 0.1) is 5.92 Å². The van der Waals surface area contributed by atoms with Gasteiger partial charge < -0.3 is 19.3 Å². The van der Waals surface area contributed by atoms with Crippen molar-refractivity contribution in [3.05, 3.63) is 53.6 Å². The first-order valence-electron chi connectivity index (χ1n) is 9.58. The molecule has 0 aromatic heterocycles. The SMILES string of the molecule is CCc1ccc(CN(C)C(=O)C2CC(=O)N(c3ccc4c(c3)OCO4)C2)cc1. The fraction of sp³-hybridized carbons (Fsp3) is 0.364. The van der Waals surface area contributed by atoms with Gasteiger partial charge in [0.25, 0.3) is 0 Å². The van der Waals surface area contributed by atoms with Crippen molar-refractivity contribution in [2.24, 2.45) is 5.92 Å². The van der Waals surface area contributed by atoms with Crippen LogP contribution in [0.4, 0.5) is 5.69 Å². The van der Waals surface area contributed by atoms with Gasteiger partial charge in [-0.1, -0.05) is 31.2 Å². The van der Waals surface area contributed by atoms with Crippen molar-refractivity contribution in [2.45, 2.75) is 26.3 Å². The van der Waals surface area contributed by atoms with E-state index >= 15 is 0 Å². The van der Waals surface area contributed by atoms with Crippen LogP contribution in [0.2, 0.25) is 0 Å². The van der Waals surface area contributed by atoms with Crippen molar-refractivity contribution in [3.8, 4) is 11.5 Å². The number of hydrogen-bond donors (Lipinski definition) is 0. The van der Waals surface area contributed by atoms with Crippen LogP contribution >= 0.6 is 0 Å². The molecular formula is C22H24N2O4. The average molecular weight is 380 g/mol. The summed E-state index contributed by atoms with van der Waals surface area (Å²) in [6.07, 6.45) is 1.22.